The van der Waals surface area contributed by atoms with Gasteiger partial charge in [-0.2, -0.15) is 0 Å². The van der Waals surface area contributed by atoms with Gasteiger partial charge in [-0.05, 0) is 63.9 Å². The lowest BCUT2D eigenvalue weighted by molar-refractivity contribution is -0.870. The van der Waals surface area contributed by atoms with Gasteiger partial charge < -0.3 is 28.5 Å². The van der Waals surface area contributed by atoms with Gasteiger partial charge in [0.15, 0.2) is 0 Å². The van der Waals surface area contributed by atoms with Crippen LogP contribution in [0, 0.1) is 0 Å². The molecule has 0 aliphatic carbocycles. The number of allylic oxidation sites excluding steroid dienone is 5. The van der Waals surface area contributed by atoms with E-state index in [1.54, 1.807) is 0 Å². The first-order chi connectivity index (χ1) is 34.9. The zero-order valence-electron chi connectivity index (χ0n) is 48.4. The van der Waals surface area contributed by atoms with Gasteiger partial charge in [0.05, 0.1) is 33.8 Å². The maximum Gasteiger partial charge on any atom is 0.306 e. The van der Waals surface area contributed by atoms with Crippen LogP contribution in [0.25, 0.3) is 0 Å². The van der Waals surface area contributed by atoms with Crippen molar-refractivity contribution in [1.82, 2.24) is 5.32 Å². The Morgan fingerprint density at radius 2 is 0.847 bits per heavy atom. The molecule has 0 saturated heterocycles. The molecule has 9 nitrogen and oxygen atoms in total. The maximum absolute atomic E-state index is 13.5. The number of likely N-dealkylation sites (N-methyl/N-ethyl adjacent to an activating group) is 1. The summed E-state index contributed by atoms with van der Waals surface area (Å²) in [6.45, 7) is 6.84. The van der Waals surface area contributed by atoms with Crippen molar-refractivity contribution < 1.29 is 37.3 Å². The van der Waals surface area contributed by atoms with Crippen molar-refractivity contribution in [2.24, 2.45) is 0 Å². The zero-order valence-corrected chi connectivity index (χ0v) is 49.3. The minimum absolute atomic E-state index is 0.0206. The monoisotopic (exact) mass is 1030 g/mol. The topological polar surface area (TPSA) is 114 Å². The van der Waals surface area contributed by atoms with E-state index in [1.807, 2.05) is 33.3 Å². The van der Waals surface area contributed by atoms with Crippen LogP contribution in [0.5, 0.6) is 0 Å². The second-order valence-corrected chi connectivity index (χ2v) is 23.6. The Hall–Kier alpha value is -1.77. The third kappa shape index (κ3) is 53.1. The molecule has 0 heterocycles. The molecule has 0 rings (SSSR count). The highest BCUT2D eigenvalue weighted by Gasteiger charge is 2.27. The third-order valence-corrected chi connectivity index (χ3v) is 14.8. The van der Waals surface area contributed by atoms with E-state index < -0.39 is 20.0 Å². The molecular formula is C62H119N2O7P. The number of carbonyl (C=O) groups excluding carboxylic acids is 2. The Balaban J connectivity index is 5.25. The molecule has 0 spiro atoms. The number of nitrogens with one attached hydrogen (secondary N) is 1. The summed E-state index contributed by atoms with van der Waals surface area (Å²) in [5.41, 5.74) is 0. The van der Waals surface area contributed by atoms with Gasteiger partial charge in [0.1, 0.15) is 19.3 Å². The van der Waals surface area contributed by atoms with Gasteiger partial charge in [-0.15, -0.1) is 0 Å². The van der Waals surface area contributed by atoms with E-state index in [9.17, 15) is 19.0 Å². The summed E-state index contributed by atoms with van der Waals surface area (Å²) in [5, 5.41) is 3.03. The van der Waals surface area contributed by atoms with Crippen LogP contribution in [0.1, 0.15) is 297 Å². The van der Waals surface area contributed by atoms with E-state index >= 15 is 0 Å². The van der Waals surface area contributed by atoms with Gasteiger partial charge in [0, 0.05) is 12.8 Å². The summed E-state index contributed by atoms with van der Waals surface area (Å²) >= 11 is 0. The Labute approximate surface area is 446 Å². The number of quaternary nitrogens is 1. The predicted molar refractivity (Wildman–Crippen MR) is 307 cm³/mol. The van der Waals surface area contributed by atoms with E-state index in [4.69, 9.17) is 13.8 Å². The molecule has 0 aromatic carbocycles. The Kier molecular flexibility index (Phi) is 51.4. The van der Waals surface area contributed by atoms with Crippen molar-refractivity contribution >= 4 is 19.7 Å². The van der Waals surface area contributed by atoms with Crippen LogP contribution in [-0.4, -0.2) is 69.4 Å². The molecule has 1 N–H and O–H groups in total. The molecule has 0 saturated carbocycles. The molecule has 3 atom stereocenters. The minimum atomic E-state index is -4.69. The van der Waals surface area contributed by atoms with Crippen LogP contribution in [0.2, 0.25) is 0 Å². The fourth-order valence-electron chi connectivity index (χ4n) is 9.02. The van der Waals surface area contributed by atoms with E-state index in [0.717, 1.165) is 64.2 Å². The number of phosphoric ester groups is 1. The summed E-state index contributed by atoms with van der Waals surface area (Å²) in [6.07, 6.45) is 62.4. The largest absolute Gasteiger partial charge is 0.756 e. The number of ether oxygens (including phenoxy) is 1. The molecule has 0 aromatic heterocycles. The van der Waals surface area contributed by atoms with Crippen LogP contribution in [0.15, 0.2) is 36.5 Å². The number of esters is 1. The van der Waals surface area contributed by atoms with Gasteiger partial charge in [0.25, 0.3) is 7.82 Å². The Bertz CT molecular complexity index is 1330. The molecule has 0 fully saturated rings. The lowest BCUT2D eigenvalue weighted by atomic mass is 10.0. The molecular weight excluding hydrogens is 916 g/mol. The second kappa shape index (κ2) is 52.7. The zero-order chi connectivity index (χ0) is 52.9. The van der Waals surface area contributed by atoms with Crippen molar-refractivity contribution in [3.63, 3.8) is 0 Å². The first-order valence-corrected chi connectivity index (χ1v) is 32.3. The summed E-state index contributed by atoms with van der Waals surface area (Å²) in [6, 6.07) is -0.885. The normalized spacial score (nSPS) is 13.9. The number of hydrogen-bond acceptors (Lipinski definition) is 7. The first kappa shape index (κ1) is 70.2. The van der Waals surface area contributed by atoms with Gasteiger partial charge in [-0.3, -0.25) is 14.2 Å². The second-order valence-electron chi connectivity index (χ2n) is 22.2. The molecule has 0 radical (unpaired) electrons. The van der Waals surface area contributed by atoms with Gasteiger partial charge in [-0.25, -0.2) is 0 Å². The maximum atomic E-state index is 13.5. The first-order valence-electron chi connectivity index (χ1n) is 30.8. The van der Waals surface area contributed by atoms with E-state index in [2.05, 4.69) is 50.4 Å². The van der Waals surface area contributed by atoms with Crippen molar-refractivity contribution in [3.05, 3.63) is 36.5 Å². The lowest BCUT2D eigenvalue weighted by Gasteiger charge is -2.30. The summed E-state index contributed by atoms with van der Waals surface area (Å²) in [7, 11) is 1.19. The number of amides is 1. The number of unbranched alkanes of at least 4 members (excludes halogenated alkanes) is 36. The molecule has 0 bridgehead atoms. The fraction of sp³-hybridized carbons (Fsp3) is 0.871. The standard InChI is InChI=1S/C62H119N2O7P/c1-7-10-13-16-19-22-25-28-30-31-32-33-35-37-40-43-46-49-52-55-62(66)71-60(53-50-47-44-41-38-27-24-21-18-15-12-9-3)59(58-70-72(67,68)69-57-56-64(4,5)6)63-61(65)54-51-48-45-42-39-36-34-29-26-23-20-17-14-11-8-2/h19,22,28,30,50,53,59-60H,7-18,20-21,23-27,29,31-49,51-52,54-58H2,1-6H3,(H-,63,65,67,68)/b22-19-,30-28-,53-50+. The average Bonchev–Trinajstić information content (AvgIpc) is 3.34. The quantitative estimate of drug-likeness (QED) is 0.0212. The highest BCUT2D eigenvalue weighted by Crippen LogP contribution is 2.38. The van der Waals surface area contributed by atoms with Crippen molar-refractivity contribution in [3.8, 4) is 0 Å². The third-order valence-electron chi connectivity index (χ3n) is 13.8. The summed E-state index contributed by atoms with van der Waals surface area (Å²) in [5.74, 6) is -0.533. The molecule has 3 unspecified atom stereocenters. The van der Waals surface area contributed by atoms with E-state index in [0.29, 0.717) is 17.4 Å². The number of carbonyl (C=O) groups is 2. The van der Waals surface area contributed by atoms with Crippen LogP contribution in [0.4, 0.5) is 0 Å². The predicted octanol–water partition coefficient (Wildman–Crippen LogP) is 18.1. The average molecular weight is 1040 g/mol. The molecule has 0 aliphatic rings. The van der Waals surface area contributed by atoms with E-state index in [-0.39, 0.29) is 31.5 Å². The van der Waals surface area contributed by atoms with Crippen LogP contribution in [0.3, 0.4) is 0 Å². The van der Waals surface area contributed by atoms with Crippen LogP contribution < -0.4 is 10.2 Å². The van der Waals surface area contributed by atoms with Gasteiger partial charge in [-0.1, -0.05) is 257 Å². The SMILES string of the molecule is CCCCC/C=C\C/C=C\CCCCCCCCCCCC(=O)OC(/C=C/CCCCCCCCCCCC)C(COP(=O)([O-])OCC[N+](C)(C)C)NC(=O)CCCCCCCCCCCCCCCCC. The number of hydrogen-bond donors (Lipinski definition) is 1. The highest BCUT2D eigenvalue weighted by molar-refractivity contribution is 7.45. The lowest BCUT2D eigenvalue weighted by Crippen LogP contribution is -2.47. The molecule has 1 amide bonds. The van der Waals surface area contributed by atoms with Gasteiger partial charge in [0.2, 0.25) is 5.91 Å². The number of rotatable bonds is 56. The molecule has 424 valence electrons. The fourth-order valence-corrected chi connectivity index (χ4v) is 9.75. The van der Waals surface area contributed by atoms with E-state index in [1.165, 1.54) is 199 Å². The number of nitrogens with zero attached hydrogens (tertiary/aromatic N) is 1. The van der Waals surface area contributed by atoms with Crippen molar-refractivity contribution in [1.29, 1.82) is 0 Å². The van der Waals surface area contributed by atoms with Crippen molar-refractivity contribution in [2.75, 3.05) is 40.9 Å². The molecule has 72 heavy (non-hydrogen) atoms. The van der Waals surface area contributed by atoms with Crippen molar-refractivity contribution in [2.45, 2.75) is 309 Å². The van der Waals surface area contributed by atoms with Crippen LogP contribution >= 0.6 is 7.82 Å². The Morgan fingerprint density at radius 3 is 1.28 bits per heavy atom. The summed E-state index contributed by atoms with van der Waals surface area (Å²) in [4.78, 5) is 39.9. The highest BCUT2D eigenvalue weighted by atomic mass is 31.2. The number of phosphoric acid groups is 1. The molecule has 10 heteroatoms. The Morgan fingerprint density at radius 1 is 0.486 bits per heavy atom. The van der Waals surface area contributed by atoms with Gasteiger partial charge >= 0.3 is 5.97 Å². The molecule has 0 aliphatic heterocycles. The smallest absolute Gasteiger partial charge is 0.306 e. The summed E-state index contributed by atoms with van der Waals surface area (Å²) < 4.78 is 30.3. The van der Waals surface area contributed by atoms with Crippen LogP contribution in [-0.2, 0) is 27.9 Å². The molecule has 0 aromatic rings. The minimum Gasteiger partial charge on any atom is -0.756 e.